The molecule has 0 saturated heterocycles. The largest absolute Gasteiger partial charge is 0.356 e. The molecule has 0 aliphatic heterocycles. The standard InChI is InChI=1S/C17H28N2O.C4H10O2.C2H6.2H2/c1-14-8-7-9-16(12-14)13-15(2)17(20)19-11-6-4-3-5-10-18;1-4(2,3)6-5;1-2;;/h7-9,12,15H,3-6,10-11,13,18H2,1-2H3,(H,19,20);5H,1-3H3;1-2H3;2*1H. The van der Waals surface area contributed by atoms with Crippen LogP contribution in [0.25, 0.3) is 0 Å². The molecule has 1 aromatic carbocycles. The molecule has 1 rings (SSSR count). The average Bonchev–Trinajstić information content (AvgIpc) is 2.66. The first-order valence-corrected chi connectivity index (χ1v) is 10.6. The van der Waals surface area contributed by atoms with Crippen molar-refractivity contribution in [2.24, 2.45) is 11.7 Å². The van der Waals surface area contributed by atoms with E-state index in [9.17, 15) is 4.79 Å². The molecule has 5 heteroatoms. The van der Waals surface area contributed by atoms with E-state index in [0.29, 0.717) is 0 Å². The van der Waals surface area contributed by atoms with Crippen LogP contribution in [0.2, 0.25) is 0 Å². The van der Waals surface area contributed by atoms with Gasteiger partial charge in [0.05, 0.1) is 5.60 Å². The highest BCUT2D eigenvalue weighted by Crippen LogP contribution is 2.10. The highest BCUT2D eigenvalue weighted by molar-refractivity contribution is 5.78. The van der Waals surface area contributed by atoms with Gasteiger partial charge in [-0.3, -0.25) is 10.1 Å². The van der Waals surface area contributed by atoms with E-state index in [1.54, 1.807) is 20.8 Å². The van der Waals surface area contributed by atoms with Crippen LogP contribution in [-0.4, -0.2) is 29.9 Å². The first kappa shape index (κ1) is 28.8. The van der Waals surface area contributed by atoms with Crippen LogP contribution in [0.5, 0.6) is 0 Å². The van der Waals surface area contributed by atoms with Crippen molar-refractivity contribution >= 4 is 5.91 Å². The van der Waals surface area contributed by atoms with Gasteiger partial charge in [-0.05, 0) is 59.1 Å². The van der Waals surface area contributed by atoms with Crippen molar-refractivity contribution < 1.29 is 17.8 Å². The summed E-state index contributed by atoms with van der Waals surface area (Å²) in [7, 11) is 0. The van der Waals surface area contributed by atoms with Crippen LogP contribution in [0.3, 0.4) is 0 Å². The number of rotatable bonds is 9. The molecule has 1 unspecified atom stereocenters. The van der Waals surface area contributed by atoms with Crippen molar-refractivity contribution in [3.8, 4) is 0 Å². The monoisotopic (exact) mass is 400 g/mol. The normalized spacial score (nSPS) is 11.5. The second-order valence-electron chi connectivity index (χ2n) is 7.79. The highest BCUT2D eigenvalue weighted by Gasteiger charge is 2.12. The Balaban J connectivity index is -0.000000292. The summed E-state index contributed by atoms with van der Waals surface area (Å²) in [4.78, 5) is 15.9. The Morgan fingerprint density at radius 3 is 2.29 bits per heavy atom. The quantitative estimate of drug-likeness (QED) is 0.286. The SMILES string of the molecule is CC.CC(C)(C)OO.Cc1cccc(CC(C)C(=O)NCCCCCCN)c1.[HH].[HH]. The Hall–Kier alpha value is -1.43. The summed E-state index contributed by atoms with van der Waals surface area (Å²) in [6.45, 7) is 14.9. The van der Waals surface area contributed by atoms with Gasteiger partial charge in [0.15, 0.2) is 0 Å². The number of hydrogen-bond acceptors (Lipinski definition) is 4. The summed E-state index contributed by atoms with van der Waals surface area (Å²) in [6, 6.07) is 8.36. The summed E-state index contributed by atoms with van der Waals surface area (Å²) in [5, 5.41) is 10.9. The molecule has 0 aliphatic carbocycles. The lowest BCUT2D eigenvalue weighted by molar-refractivity contribution is -0.306. The lowest BCUT2D eigenvalue weighted by Crippen LogP contribution is -2.31. The maximum atomic E-state index is 12.0. The van der Waals surface area contributed by atoms with Crippen molar-refractivity contribution in [2.75, 3.05) is 13.1 Å². The van der Waals surface area contributed by atoms with Gasteiger partial charge in [-0.2, -0.15) is 0 Å². The van der Waals surface area contributed by atoms with Crippen molar-refractivity contribution in [2.45, 2.75) is 86.2 Å². The lowest BCUT2D eigenvalue weighted by Gasteiger charge is -2.12. The Kier molecular flexibility index (Phi) is 18.1. The van der Waals surface area contributed by atoms with E-state index in [-0.39, 0.29) is 14.7 Å². The molecule has 0 radical (unpaired) electrons. The smallest absolute Gasteiger partial charge is 0.223 e. The number of unbranched alkanes of at least 4 members (excludes halogenated alkanes) is 3. The van der Waals surface area contributed by atoms with Gasteiger partial charge in [0.2, 0.25) is 5.91 Å². The fourth-order valence-electron chi connectivity index (χ4n) is 2.29. The van der Waals surface area contributed by atoms with Crippen molar-refractivity contribution in [1.29, 1.82) is 0 Å². The summed E-state index contributed by atoms with van der Waals surface area (Å²) in [6.07, 6.45) is 5.23. The third kappa shape index (κ3) is 18.0. The van der Waals surface area contributed by atoms with Gasteiger partial charge in [0.1, 0.15) is 0 Å². The minimum atomic E-state index is -0.403. The fourth-order valence-corrected chi connectivity index (χ4v) is 2.29. The molecule has 0 aromatic heterocycles. The molecular weight excluding hydrogens is 352 g/mol. The molecule has 0 fully saturated rings. The number of hydrogen-bond donors (Lipinski definition) is 3. The Labute approximate surface area is 176 Å². The van der Waals surface area contributed by atoms with E-state index in [1.165, 1.54) is 11.1 Å². The predicted molar refractivity (Wildman–Crippen MR) is 124 cm³/mol. The zero-order chi connectivity index (χ0) is 22.0. The van der Waals surface area contributed by atoms with E-state index in [1.807, 2.05) is 26.8 Å². The molecule has 0 heterocycles. The van der Waals surface area contributed by atoms with E-state index in [2.05, 4.69) is 35.3 Å². The summed E-state index contributed by atoms with van der Waals surface area (Å²) < 4.78 is 0. The van der Waals surface area contributed by atoms with Crippen molar-refractivity contribution in [1.82, 2.24) is 5.32 Å². The summed E-state index contributed by atoms with van der Waals surface area (Å²) >= 11 is 0. The predicted octanol–water partition coefficient (Wildman–Crippen LogP) is 5.60. The molecule has 28 heavy (non-hydrogen) atoms. The van der Waals surface area contributed by atoms with Gasteiger partial charge in [0, 0.05) is 15.3 Å². The topological polar surface area (TPSA) is 84.6 Å². The van der Waals surface area contributed by atoms with Crippen LogP contribution in [0, 0.1) is 12.8 Å². The third-order valence-electron chi connectivity index (χ3n) is 3.78. The Morgan fingerprint density at radius 2 is 1.79 bits per heavy atom. The number of aryl methyl sites for hydroxylation is 1. The lowest BCUT2D eigenvalue weighted by atomic mass is 9.99. The van der Waals surface area contributed by atoms with Crippen LogP contribution in [0.4, 0.5) is 0 Å². The van der Waals surface area contributed by atoms with Gasteiger partial charge in [-0.1, -0.05) is 63.4 Å². The van der Waals surface area contributed by atoms with Crippen molar-refractivity contribution in [3.05, 3.63) is 35.4 Å². The molecule has 0 bridgehead atoms. The fraction of sp³-hybridized carbons (Fsp3) is 0.696. The van der Waals surface area contributed by atoms with E-state index in [0.717, 1.165) is 45.2 Å². The number of carbonyl (C=O) groups excluding carboxylic acids is 1. The van der Waals surface area contributed by atoms with E-state index < -0.39 is 5.60 Å². The molecule has 0 aliphatic rings. The van der Waals surface area contributed by atoms with Crippen LogP contribution in [0.15, 0.2) is 24.3 Å². The zero-order valence-electron chi connectivity index (χ0n) is 19.2. The maximum Gasteiger partial charge on any atom is 0.223 e. The minimum absolute atomic E-state index is 0. The number of carbonyl (C=O) groups is 1. The molecular formula is C23H48N2O3. The third-order valence-corrected chi connectivity index (χ3v) is 3.78. The van der Waals surface area contributed by atoms with Crippen LogP contribution < -0.4 is 11.1 Å². The second-order valence-corrected chi connectivity index (χ2v) is 7.79. The van der Waals surface area contributed by atoms with Crippen LogP contribution in [-0.2, 0) is 16.1 Å². The molecule has 0 saturated carbocycles. The first-order chi connectivity index (χ1) is 13.2. The molecule has 168 valence electrons. The number of benzene rings is 1. The van der Waals surface area contributed by atoms with Gasteiger partial charge >= 0.3 is 0 Å². The summed E-state index contributed by atoms with van der Waals surface area (Å²) in [5.74, 6) is 0.186. The minimum Gasteiger partial charge on any atom is -0.356 e. The van der Waals surface area contributed by atoms with Gasteiger partial charge < -0.3 is 11.1 Å². The molecule has 1 aromatic rings. The van der Waals surface area contributed by atoms with Crippen molar-refractivity contribution in [3.63, 3.8) is 0 Å². The van der Waals surface area contributed by atoms with E-state index >= 15 is 0 Å². The number of amides is 1. The van der Waals surface area contributed by atoms with Gasteiger partial charge in [-0.15, -0.1) is 0 Å². The maximum absolute atomic E-state index is 12.0. The van der Waals surface area contributed by atoms with Crippen LogP contribution in [0.1, 0.15) is 81.2 Å². The number of nitrogens with one attached hydrogen (secondary N) is 1. The molecule has 4 N–H and O–H groups in total. The van der Waals surface area contributed by atoms with Gasteiger partial charge in [0.25, 0.3) is 0 Å². The van der Waals surface area contributed by atoms with Gasteiger partial charge in [-0.25, -0.2) is 4.89 Å². The van der Waals surface area contributed by atoms with E-state index in [4.69, 9.17) is 11.0 Å². The summed E-state index contributed by atoms with van der Waals surface area (Å²) in [5.41, 5.74) is 7.52. The molecule has 5 nitrogen and oxygen atoms in total. The highest BCUT2D eigenvalue weighted by atomic mass is 17.1. The molecule has 0 spiro atoms. The zero-order valence-corrected chi connectivity index (χ0v) is 19.2. The molecule has 1 atom stereocenters. The second kappa shape index (κ2) is 17.7. The van der Waals surface area contributed by atoms with Crippen LogP contribution >= 0.6 is 0 Å². The number of nitrogens with two attached hydrogens (primary N) is 1. The molecule has 1 amide bonds. The average molecular weight is 401 g/mol. The Morgan fingerprint density at radius 1 is 1.21 bits per heavy atom. The Bertz CT molecular complexity index is 509. The first-order valence-electron chi connectivity index (χ1n) is 10.6.